The number of ether oxygens (including phenoxy) is 1. The van der Waals surface area contributed by atoms with Crippen molar-refractivity contribution in [1.82, 2.24) is 19.9 Å². The van der Waals surface area contributed by atoms with Crippen LogP contribution in [0.15, 0.2) is 59.5 Å². The highest BCUT2D eigenvalue weighted by Gasteiger charge is 2.30. The summed E-state index contributed by atoms with van der Waals surface area (Å²) in [6.45, 7) is 5.28. The largest absolute Gasteiger partial charge is 0.450 e. The molecule has 4 aromatic rings. The molecule has 1 aromatic carbocycles. The highest BCUT2D eigenvalue weighted by molar-refractivity contribution is 5.99. The van der Waals surface area contributed by atoms with E-state index in [9.17, 15) is 4.79 Å². The van der Waals surface area contributed by atoms with Gasteiger partial charge < -0.3 is 19.4 Å². The molecule has 1 N–H and O–H groups in total. The molecule has 1 fully saturated rings. The summed E-state index contributed by atoms with van der Waals surface area (Å²) in [4.78, 5) is 27.8. The molecule has 1 aliphatic rings. The quantitative estimate of drug-likeness (QED) is 0.520. The predicted octanol–water partition coefficient (Wildman–Crippen LogP) is 4.19. The molecule has 8 nitrogen and oxygen atoms in total. The minimum absolute atomic E-state index is 0.118. The number of amides is 1. The Hall–Kier alpha value is -3.78. The van der Waals surface area contributed by atoms with Crippen molar-refractivity contribution < 1.29 is 13.9 Å². The third-order valence-electron chi connectivity index (χ3n) is 5.66. The van der Waals surface area contributed by atoms with Gasteiger partial charge in [0.2, 0.25) is 0 Å². The number of morpholine rings is 1. The average Bonchev–Trinajstić information content (AvgIpc) is 3.18. The Balaban J connectivity index is 1.32. The lowest BCUT2D eigenvalue weighted by Crippen LogP contribution is -2.42. The third-order valence-corrected chi connectivity index (χ3v) is 5.66. The first-order chi connectivity index (χ1) is 15.6. The minimum atomic E-state index is -0.301. The molecule has 1 aliphatic heterocycles. The van der Waals surface area contributed by atoms with Crippen LogP contribution >= 0.6 is 0 Å². The standard InChI is InChI=1S/C24H23N5O3/c1-15-4-3-5-18-16(2)23(32-22(15)18)24(30)29-10-11-31-20(14-29)19-7-6-17(12-27-19)28-21-13-25-8-9-26-21/h3-9,12-13,20H,10-11,14H2,1-2H3,(H,26,28)/t20-/m0/s1. The molecule has 0 aliphatic carbocycles. The van der Waals surface area contributed by atoms with E-state index in [-0.39, 0.29) is 12.0 Å². The van der Waals surface area contributed by atoms with Crippen LogP contribution in [0.25, 0.3) is 11.0 Å². The molecule has 1 atom stereocenters. The Labute approximate surface area is 185 Å². The summed E-state index contributed by atoms with van der Waals surface area (Å²) in [6, 6.07) is 9.76. The number of anilines is 2. The van der Waals surface area contributed by atoms with Crippen LogP contribution in [0.5, 0.6) is 0 Å². The van der Waals surface area contributed by atoms with Crippen LogP contribution in [0.2, 0.25) is 0 Å². The molecule has 0 saturated carbocycles. The van der Waals surface area contributed by atoms with Gasteiger partial charge in [-0.1, -0.05) is 18.2 Å². The van der Waals surface area contributed by atoms with Gasteiger partial charge in [-0.15, -0.1) is 0 Å². The van der Waals surface area contributed by atoms with E-state index >= 15 is 0 Å². The summed E-state index contributed by atoms with van der Waals surface area (Å²) in [5.41, 5.74) is 4.22. The zero-order chi connectivity index (χ0) is 22.1. The second-order valence-electron chi connectivity index (χ2n) is 7.81. The zero-order valence-corrected chi connectivity index (χ0v) is 17.9. The van der Waals surface area contributed by atoms with Gasteiger partial charge in [0.15, 0.2) is 5.76 Å². The van der Waals surface area contributed by atoms with Crippen molar-refractivity contribution >= 4 is 28.4 Å². The molecule has 1 amide bonds. The van der Waals surface area contributed by atoms with Crippen molar-refractivity contribution in [1.29, 1.82) is 0 Å². The number of carbonyl (C=O) groups excluding carboxylic acids is 1. The van der Waals surface area contributed by atoms with E-state index < -0.39 is 0 Å². The van der Waals surface area contributed by atoms with Gasteiger partial charge in [0.1, 0.15) is 17.5 Å². The zero-order valence-electron chi connectivity index (χ0n) is 17.9. The van der Waals surface area contributed by atoms with Crippen LogP contribution < -0.4 is 5.32 Å². The smallest absolute Gasteiger partial charge is 0.290 e. The van der Waals surface area contributed by atoms with Gasteiger partial charge in [0, 0.05) is 29.9 Å². The van der Waals surface area contributed by atoms with Crippen molar-refractivity contribution in [3.63, 3.8) is 0 Å². The van der Waals surface area contributed by atoms with Crippen molar-refractivity contribution in [3.05, 3.63) is 77.7 Å². The molecule has 4 heterocycles. The van der Waals surface area contributed by atoms with Crippen molar-refractivity contribution in [2.45, 2.75) is 20.0 Å². The monoisotopic (exact) mass is 429 g/mol. The molecular weight excluding hydrogens is 406 g/mol. The molecule has 162 valence electrons. The second kappa shape index (κ2) is 8.39. The molecular formula is C24H23N5O3. The lowest BCUT2D eigenvalue weighted by Gasteiger charge is -2.32. The number of carbonyl (C=O) groups is 1. The van der Waals surface area contributed by atoms with Crippen LogP contribution in [-0.2, 0) is 4.74 Å². The van der Waals surface area contributed by atoms with Crippen LogP contribution in [0.4, 0.5) is 11.5 Å². The number of nitrogens with one attached hydrogen (secondary N) is 1. The number of fused-ring (bicyclic) bond motifs is 1. The van der Waals surface area contributed by atoms with E-state index in [1.807, 2.05) is 44.2 Å². The molecule has 0 unspecified atom stereocenters. The van der Waals surface area contributed by atoms with E-state index in [1.54, 1.807) is 29.7 Å². The van der Waals surface area contributed by atoms with Crippen molar-refractivity contribution in [2.24, 2.45) is 0 Å². The SMILES string of the molecule is Cc1c(C(=O)N2CCO[C@H](c3ccc(Nc4cnccn4)cn3)C2)oc2c(C)cccc12. The number of benzene rings is 1. The highest BCUT2D eigenvalue weighted by Crippen LogP contribution is 2.30. The maximum Gasteiger partial charge on any atom is 0.290 e. The van der Waals surface area contributed by atoms with E-state index in [1.165, 1.54) is 0 Å². The summed E-state index contributed by atoms with van der Waals surface area (Å²) in [5, 5.41) is 4.13. The highest BCUT2D eigenvalue weighted by atomic mass is 16.5. The van der Waals surface area contributed by atoms with Gasteiger partial charge in [-0.2, -0.15) is 0 Å². The molecule has 8 heteroatoms. The molecule has 0 bridgehead atoms. The fourth-order valence-electron chi connectivity index (χ4n) is 3.93. The summed E-state index contributed by atoms with van der Waals surface area (Å²) >= 11 is 0. The minimum Gasteiger partial charge on any atom is -0.450 e. The second-order valence-corrected chi connectivity index (χ2v) is 7.81. The van der Waals surface area contributed by atoms with Crippen molar-refractivity contribution in [3.8, 4) is 0 Å². The van der Waals surface area contributed by atoms with Gasteiger partial charge in [0.25, 0.3) is 5.91 Å². The number of hydrogen-bond acceptors (Lipinski definition) is 7. The third kappa shape index (κ3) is 3.80. The van der Waals surface area contributed by atoms with Crippen LogP contribution in [0.3, 0.4) is 0 Å². The molecule has 5 rings (SSSR count). The maximum atomic E-state index is 13.3. The maximum absolute atomic E-state index is 13.3. The number of nitrogens with zero attached hydrogens (tertiary/aromatic N) is 4. The number of aromatic nitrogens is 3. The number of furan rings is 1. The Morgan fingerprint density at radius 3 is 2.78 bits per heavy atom. The van der Waals surface area contributed by atoms with E-state index in [2.05, 4.69) is 20.3 Å². The Kier molecular flexibility index (Phi) is 5.28. The molecule has 0 spiro atoms. The normalized spacial score (nSPS) is 16.3. The Bertz CT molecular complexity index is 1250. The van der Waals surface area contributed by atoms with Gasteiger partial charge in [-0.3, -0.25) is 14.8 Å². The fourth-order valence-corrected chi connectivity index (χ4v) is 3.93. The van der Waals surface area contributed by atoms with Crippen LogP contribution in [-0.4, -0.2) is 45.5 Å². The van der Waals surface area contributed by atoms with Crippen LogP contribution in [0, 0.1) is 13.8 Å². The molecule has 0 radical (unpaired) electrons. The van der Waals surface area contributed by atoms with Gasteiger partial charge in [-0.05, 0) is 31.5 Å². The summed E-state index contributed by atoms with van der Waals surface area (Å²) in [5.74, 6) is 0.919. The topological polar surface area (TPSA) is 93.4 Å². The van der Waals surface area contributed by atoms with Crippen LogP contribution in [0.1, 0.15) is 33.5 Å². The summed E-state index contributed by atoms with van der Waals surface area (Å²) in [7, 11) is 0. The lowest BCUT2D eigenvalue weighted by molar-refractivity contribution is -0.0256. The van der Waals surface area contributed by atoms with Crippen molar-refractivity contribution in [2.75, 3.05) is 25.0 Å². The van der Waals surface area contributed by atoms with Gasteiger partial charge >= 0.3 is 0 Å². The first-order valence-corrected chi connectivity index (χ1v) is 10.5. The number of pyridine rings is 1. The fraction of sp³-hybridized carbons (Fsp3) is 0.250. The number of aryl methyl sites for hydroxylation is 2. The number of hydrogen-bond donors (Lipinski definition) is 1. The number of para-hydroxylation sites is 1. The first-order valence-electron chi connectivity index (χ1n) is 10.5. The van der Waals surface area contributed by atoms with E-state index in [0.29, 0.717) is 31.3 Å². The molecule has 1 saturated heterocycles. The first kappa shape index (κ1) is 20.1. The van der Waals surface area contributed by atoms with E-state index in [0.717, 1.165) is 33.5 Å². The van der Waals surface area contributed by atoms with E-state index in [4.69, 9.17) is 9.15 Å². The number of rotatable bonds is 4. The Morgan fingerprint density at radius 2 is 2.03 bits per heavy atom. The lowest BCUT2D eigenvalue weighted by atomic mass is 10.1. The molecule has 3 aromatic heterocycles. The molecule has 32 heavy (non-hydrogen) atoms. The average molecular weight is 429 g/mol. The van der Waals surface area contributed by atoms with Gasteiger partial charge in [-0.25, -0.2) is 4.98 Å². The Morgan fingerprint density at radius 1 is 1.12 bits per heavy atom. The summed E-state index contributed by atoms with van der Waals surface area (Å²) < 4.78 is 11.9. The van der Waals surface area contributed by atoms with Gasteiger partial charge in [0.05, 0.1) is 36.9 Å². The summed E-state index contributed by atoms with van der Waals surface area (Å²) in [6.07, 6.45) is 6.30. The predicted molar refractivity (Wildman–Crippen MR) is 120 cm³/mol.